The summed E-state index contributed by atoms with van der Waals surface area (Å²) in [6.07, 6.45) is 1.31. The minimum atomic E-state index is -0.401. The molecule has 0 aliphatic rings. The molecule has 0 aromatic heterocycles. The molecule has 0 amide bonds. The Bertz CT molecular complexity index is 592. The molecule has 106 valence electrons. The van der Waals surface area contributed by atoms with Crippen LogP contribution < -0.4 is 11.3 Å². The average molecular weight is 358 g/mol. The number of halogens is 3. The Labute approximate surface area is 131 Å². The van der Waals surface area contributed by atoms with Gasteiger partial charge in [0.2, 0.25) is 0 Å². The van der Waals surface area contributed by atoms with E-state index in [1.54, 1.807) is 6.07 Å². The van der Waals surface area contributed by atoms with E-state index >= 15 is 0 Å². The standard InChI is InChI=1S/C15H15BrClFN2/c16-12-5-1-3-10(7-12)8-13(20-19)9-11-4-2-6-14(18)15(11)17/h1-7,13,20H,8-9,19H2. The number of rotatable bonds is 5. The van der Waals surface area contributed by atoms with Crippen LogP contribution in [0.3, 0.4) is 0 Å². The van der Waals surface area contributed by atoms with Gasteiger partial charge in [-0.05, 0) is 42.2 Å². The molecule has 0 saturated carbocycles. The van der Waals surface area contributed by atoms with Crippen LogP contribution in [0.4, 0.5) is 4.39 Å². The van der Waals surface area contributed by atoms with Crippen molar-refractivity contribution in [1.82, 2.24) is 5.43 Å². The number of hydrazine groups is 1. The van der Waals surface area contributed by atoms with Crippen LogP contribution in [-0.2, 0) is 12.8 Å². The first-order chi connectivity index (χ1) is 9.60. The number of nitrogens with two attached hydrogens (primary N) is 1. The topological polar surface area (TPSA) is 38.0 Å². The molecule has 1 unspecified atom stereocenters. The van der Waals surface area contributed by atoms with Crippen molar-refractivity contribution in [3.63, 3.8) is 0 Å². The Kier molecular flexibility index (Phi) is 5.54. The fourth-order valence-corrected chi connectivity index (χ4v) is 2.76. The average Bonchev–Trinajstić information content (AvgIpc) is 2.43. The first-order valence-electron chi connectivity index (χ1n) is 6.23. The molecule has 0 heterocycles. The summed E-state index contributed by atoms with van der Waals surface area (Å²) in [5.41, 5.74) is 4.67. The van der Waals surface area contributed by atoms with E-state index in [1.807, 2.05) is 30.3 Å². The van der Waals surface area contributed by atoms with E-state index in [4.69, 9.17) is 17.4 Å². The van der Waals surface area contributed by atoms with Crippen molar-refractivity contribution in [3.8, 4) is 0 Å². The summed E-state index contributed by atoms with van der Waals surface area (Å²) in [6.45, 7) is 0. The lowest BCUT2D eigenvalue weighted by atomic mass is 9.99. The first-order valence-corrected chi connectivity index (χ1v) is 7.40. The SMILES string of the molecule is NNC(Cc1cccc(Br)c1)Cc1cccc(F)c1Cl. The van der Waals surface area contributed by atoms with Crippen LogP contribution >= 0.6 is 27.5 Å². The fraction of sp³-hybridized carbons (Fsp3) is 0.200. The number of hydrogen-bond donors (Lipinski definition) is 2. The fourth-order valence-electron chi connectivity index (χ4n) is 2.11. The summed E-state index contributed by atoms with van der Waals surface area (Å²) >= 11 is 9.41. The lowest BCUT2D eigenvalue weighted by Crippen LogP contribution is -2.38. The zero-order chi connectivity index (χ0) is 14.5. The van der Waals surface area contributed by atoms with Gasteiger partial charge in [-0.1, -0.05) is 51.8 Å². The highest BCUT2D eigenvalue weighted by Crippen LogP contribution is 2.22. The van der Waals surface area contributed by atoms with Crippen LogP contribution in [0.25, 0.3) is 0 Å². The Morgan fingerprint density at radius 1 is 1.20 bits per heavy atom. The zero-order valence-corrected chi connectivity index (χ0v) is 13.1. The van der Waals surface area contributed by atoms with Gasteiger partial charge < -0.3 is 0 Å². The predicted molar refractivity (Wildman–Crippen MR) is 84.1 cm³/mol. The minimum absolute atomic E-state index is 0.0106. The Balaban J connectivity index is 2.11. The van der Waals surface area contributed by atoms with Crippen molar-refractivity contribution in [3.05, 3.63) is 68.9 Å². The van der Waals surface area contributed by atoms with Crippen LogP contribution in [-0.4, -0.2) is 6.04 Å². The van der Waals surface area contributed by atoms with Crippen LogP contribution in [0.15, 0.2) is 46.9 Å². The van der Waals surface area contributed by atoms with Gasteiger partial charge in [0.05, 0.1) is 5.02 Å². The Hall–Kier alpha value is -0.940. The lowest BCUT2D eigenvalue weighted by molar-refractivity contribution is 0.520. The van der Waals surface area contributed by atoms with Gasteiger partial charge in [0.15, 0.2) is 0 Å². The highest BCUT2D eigenvalue weighted by Gasteiger charge is 2.13. The van der Waals surface area contributed by atoms with Crippen molar-refractivity contribution in [2.75, 3.05) is 0 Å². The molecular formula is C15H15BrClFN2. The van der Waals surface area contributed by atoms with Gasteiger partial charge in [0, 0.05) is 10.5 Å². The van der Waals surface area contributed by atoms with Crippen LogP contribution in [0.2, 0.25) is 5.02 Å². The second kappa shape index (κ2) is 7.18. The summed E-state index contributed by atoms with van der Waals surface area (Å²) in [6, 6.07) is 12.8. The largest absolute Gasteiger partial charge is 0.271 e. The maximum absolute atomic E-state index is 13.4. The van der Waals surface area contributed by atoms with Crippen molar-refractivity contribution >= 4 is 27.5 Å². The van der Waals surface area contributed by atoms with E-state index < -0.39 is 5.82 Å². The van der Waals surface area contributed by atoms with Gasteiger partial charge in [-0.2, -0.15) is 0 Å². The molecule has 20 heavy (non-hydrogen) atoms. The molecule has 0 aliphatic heterocycles. The second-order valence-electron chi connectivity index (χ2n) is 4.61. The monoisotopic (exact) mass is 356 g/mol. The van der Waals surface area contributed by atoms with Crippen molar-refractivity contribution in [2.45, 2.75) is 18.9 Å². The van der Waals surface area contributed by atoms with E-state index in [2.05, 4.69) is 21.4 Å². The third kappa shape index (κ3) is 4.03. The molecule has 2 aromatic rings. The van der Waals surface area contributed by atoms with Gasteiger partial charge in [-0.3, -0.25) is 11.3 Å². The summed E-state index contributed by atoms with van der Waals surface area (Å²) < 4.78 is 14.4. The van der Waals surface area contributed by atoms with E-state index in [1.165, 1.54) is 6.07 Å². The first kappa shape index (κ1) is 15.4. The Morgan fingerprint density at radius 3 is 2.65 bits per heavy atom. The minimum Gasteiger partial charge on any atom is -0.271 e. The van der Waals surface area contributed by atoms with Crippen LogP contribution in [0, 0.1) is 5.82 Å². The normalized spacial score (nSPS) is 12.4. The van der Waals surface area contributed by atoms with Crippen LogP contribution in [0.5, 0.6) is 0 Å². The van der Waals surface area contributed by atoms with Gasteiger partial charge in [-0.25, -0.2) is 4.39 Å². The quantitative estimate of drug-likeness (QED) is 0.630. The molecule has 0 aliphatic carbocycles. The molecule has 5 heteroatoms. The van der Waals surface area contributed by atoms with E-state index in [0.717, 1.165) is 22.0 Å². The number of nitrogens with one attached hydrogen (secondary N) is 1. The van der Waals surface area contributed by atoms with Gasteiger partial charge >= 0.3 is 0 Å². The molecule has 0 spiro atoms. The molecule has 0 bridgehead atoms. The third-order valence-corrected chi connectivity index (χ3v) is 4.02. The third-order valence-electron chi connectivity index (χ3n) is 3.10. The van der Waals surface area contributed by atoms with Crippen molar-refractivity contribution < 1.29 is 4.39 Å². The summed E-state index contributed by atoms with van der Waals surface area (Å²) in [7, 11) is 0. The summed E-state index contributed by atoms with van der Waals surface area (Å²) in [5, 5.41) is 0.169. The highest BCUT2D eigenvalue weighted by atomic mass is 79.9. The summed E-state index contributed by atoms with van der Waals surface area (Å²) in [5.74, 6) is 5.20. The molecular weight excluding hydrogens is 343 g/mol. The molecule has 0 fully saturated rings. The van der Waals surface area contributed by atoms with Gasteiger partial charge in [-0.15, -0.1) is 0 Å². The van der Waals surface area contributed by atoms with Gasteiger partial charge in [0.1, 0.15) is 5.82 Å². The van der Waals surface area contributed by atoms with E-state index in [9.17, 15) is 4.39 Å². The molecule has 2 nitrogen and oxygen atoms in total. The lowest BCUT2D eigenvalue weighted by Gasteiger charge is -2.17. The van der Waals surface area contributed by atoms with Crippen LogP contribution in [0.1, 0.15) is 11.1 Å². The van der Waals surface area contributed by atoms with Crippen molar-refractivity contribution in [2.24, 2.45) is 5.84 Å². The smallest absolute Gasteiger partial charge is 0.142 e. The molecule has 2 rings (SSSR count). The predicted octanol–water partition coefficient (Wildman–Crippen LogP) is 3.86. The maximum atomic E-state index is 13.4. The number of benzene rings is 2. The molecule has 0 saturated heterocycles. The van der Waals surface area contributed by atoms with E-state index in [-0.39, 0.29) is 11.1 Å². The van der Waals surface area contributed by atoms with Crippen molar-refractivity contribution in [1.29, 1.82) is 0 Å². The Morgan fingerprint density at radius 2 is 1.95 bits per heavy atom. The zero-order valence-electron chi connectivity index (χ0n) is 10.7. The van der Waals surface area contributed by atoms with E-state index in [0.29, 0.717) is 6.42 Å². The number of hydrogen-bond acceptors (Lipinski definition) is 2. The molecule has 3 N–H and O–H groups in total. The maximum Gasteiger partial charge on any atom is 0.142 e. The molecule has 0 radical (unpaired) electrons. The summed E-state index contributed by atoms with van der Waals surface area (Å²) in [4.78, 5) is 0. The highest BCUT2D eigenvalue weighted by molar-refractivity contribution is 9.10. The second-order valence-corrected chi connectivity index (χ2v) is 5.91. The van der Waals surface area contributed by atoms with Gasteiger partial charge in [0.25, 0.3) is 0 Å². The molecule has 1 atom stereocenters. The molecule has 2 aromatic carbocycles.